The summed E-state index contributed by atoms with van der Waals surface area (Å²) in [4.78, 5) is 29.8. The lowest BCUT2D eigenvalue weighted by Gasteiger charge is -2.33. The molecule has 0 fully saturated rings. The molecule has 3 aromatic rings. The van der Waals surface area contributed by atoms with Crippen molar-refractivity contribution in [1.29, 1.82) is 0 Å². The van der Waals surface area contributed by atoms with Gasteiger partial charge in [0.05, 0.1) is 23.9 Å². The first-order valence-corrected chi connectivity index (χ1v) is 11.3. The number of hydrogen-bond acceptors (Lipinski definition) is 3. The van der Waals surface area contributed by atoms with E-state index < -0.39 is 6.04 Å². The number of amides is 3. The Bertz CT molecular complexity index is 1300. The minimum absolute atomic E-state index is 0.169. The number of hydrogen-bond donors (Lipinski definition) is 1. The van der Waals surface area contributed by atoms with Crippen molar-refractivity contribution in [3.63, 3.8) is 0 Å². The summed E-state index contributed by atoms with van der Waals surface area (Å²) in [5, 5.41) is 2.98. The number of halogens is 1. The summed E-state index contributed by atoms with van der Waals surface area (Å²) in [6, 6.07) is 21.9. The van der Waals surface area contributed by atoms with Crippen LogP contribution in [0.2, 0.25) is 0 Å². The Morgan fingerprint density at radius 2 is 1.74 bits per heavy atom. The molecule has 176 valence electrons. The van der Waals surface area contributed by atoms with Gasteiger partial charge in [-0.15, -0.1) is 6.58 Å². The number of para-hydroxylation sites is 1. The normalized spacial score (nSPS) is 17.3. The summed E-state index contributed by atoms with van der Waals surface area (Å²) in [6.45, 7) is 4.63. The molecule has 0 aromatic heterocycles. The van der Waals surface area contributed by atoms with Crippen molar-refractivity contribution in [2.24, 2.45) is 0 Å². The lowest BCUT2D eigenvalue weighted by Crippen LogP contribution is -2.47. The summed E-state index contributed by atoms with van der Waals surface area (Å²) < 4.78 is 19.3. The molecular weight excluding hydrogens is 445 g/mol. The summed E-state index contributed by atoms with van der Waals surface area (Å²) in [6.07, 6.45) is 1.63. The van der Waals surface area contributed by atoms with Crippen LogP contribution in [-0.4, -0.2) is 34.8 Å². The van der Waals surface area contributed by atoms with Crippen molar-refractivity contribution in [2.45, 2.75) is 12.6 Å². The fraction of sp³-hybridized carbons (Fsp3) is 0.143. The van der Waals surface area contributed by atoms with Crippen molar-refractivity contribution in [2.75, 3.05) is 13.1 Å². The first-order chi connectivity index (χ1) is 17.0. The second-order valence-electron chi connectivity index (χ2n) is 8.42. The Morgan fingerprint density at radius 1 is 1.00 bits per heavy atom. The van der Waals surface area contributed by atoms with Crippen LogP contribution >= 0.6 is 0 Å². The standard InChI is InChI=1S/C28H24FN3O3/c1-2-15-32-24-18-31(17-19-11-13-21(29)14-12-19)27(33)25(24)26(30-28(32)34)20-7-6-10-23(16-20)35-22-8-4-3-5-9-22/h2-14,16,26H,1,15,17-18H2,(H,30,34). The number of carbonyl (C=O) groups is 2. The molecule has 3 amide bonds. The number of nitrogens with one attached hydrogen (secondary N) is 1. The summed E-state index contributed by atoms with van der Waals surface area (Å²) >= 11 is 0. The largest absolute Gasteiger partial charge is 0.457 e. The number of ether oxygens (including phenoxy) is 1. The number of urea groups is 1. The Kier molecular flexibility index (Phi) is 6.06. The molecule has 3 aromatic carbocycles. The van der Waals surface area contributed by atoms with Crippen molar-refractivity contribution < 1.29 is 18.7 Å². The average Bonchev–Trinajstić information content (AvgIpc) is 3.18. The van der Waals surface area contributed by atoms with Crippen LogP contribution < -0.4 is 10.1 Å². The van der Waals surface area contributed by atoms with Gasteiger partial charge < -0.3 is 15.0 Å². The van der Waals surface area contributed by atoms with Crippen LogP contribution in [0.25, 0.3) is 0 Å². The monoisotopic (exact) mass is 469 g/mol. The topological polar surface area (TPSA) is 61.9 Å². The van der Waals surface area contributed by atoms with E-state index >= 15 is 0 Å². The number of benzene rings is 3. The summed E-state index contributed by atoms with van der Waals surface area (Å²) in [5.74, 6) is 0.797. The molecule has 0 spiro atoms. The quantitative estimate of drug-likeness (QED) is 0.486. The Labute approximate surface area is 202 Å². The molecule has 2 heterocycles. The van der Waals surface area contributed by atoms with Gasteiger partial charge in [0.25, 0.3) is 5.91 Å². The van der Waals surface area contributed by atoms with Gasteiger partial charge in [-0.05, 0) is 47.5 Å². The predicted octanol–water partition coefficient (Wildman–Crippen LogP) is 5.17. The van der Waals surface area contributed by atoms with E-state index in [2.05, 4.69) is 11.9 Å². The van der Waals surface area contributed by atoms with Gasteiger partial charge in [-0.3, -0.25) is 9.69 Å². The summed E-state index contributed by atoms with van der Waals surface area (Å²) in [5.41, 5.74) is 2.73. The highest BCUT2D eigenvalue weighted by Crippen LogP contribution is 2.38. The van der Waals surface area contributed by atoms with Gasteiger partial charge in [0, 0.05) is 13.1 Å². The lowest BCUT2D eigenvalue weighted by molar-refractivity contribution is -0.126. The maximum Gasteiger partial charge on any atom is 0.322 e. The van der Waals surface area contributed by atoms with E-state index in [9.17, 15) is 14.0 Å². The number of carbonyl (C=O) groups excluding carboxylic acids is 2. The predicted molar refractivity (Wildman–Crippen MR) is 130 cm³/mol. The van der Waals surface area contributed by atoms with Gasteiger partial charge >= 0.3 is 6.03 Å². The van der Waals surface area contributed by atoms with E-state index in [4.69, 9.17) is 4.74 Å². The van der Waals surface area contributed by atoms with Crippen LogP contribution in [0, 0.1) is 5.82 Å². The maximum absolute atomic E-state index is 13.6. The molecule has 5 rings (SSSR count). The fourth-order valence-electron chi connectivity index (χ4n) is 4.44. The average molecular weight is 470 g/mol. The third-order valence-corrected chi connectivity index (χ3v) is 6.07. The zero-order chi connectivity index (χ0) is 24.4. The molecule has 0 aliphatic carbocycles. The molecule has 0 radical (unpaired) electrons. The van der Waals surface area contributed by atoms with Crippen LogP contribution in [-0.2, 0) is 11.3 Å². The van der Waals surface area contributed by atoms with E-state index in [1.54, 1.807) is 28.0 Å². The van der Waals surface area contributed by atoms with E-state index in [0.717, 1.165) is 11.1 Å². The van der Waals surface area contributed by atoms with Crippen molar-refractivity contribution in [1.82, 2.24) is 15.1 Å². The second-order valence-corrected chi connectivity index (χ2v) is 8.42. The molecule has 7 heteroatoms. The van der Waals surface area contributed by atoms with Gasteiger partial charge in [0.15, 0.2) is 0 Å². The Balaban J connectivity index is 1.47. The van der Waals surface area contributed by atoms with Crippen LogP contribution in [0.5, 0.6) is 11.5 Å². The number of nitrogens with zero attached hydrogens (tertiary/aromatic N) is 2. The highest BCUT2D eigenvalue weighted by atomic mass is 19.1. The minimum atomic E-state index is -0.622. The highest BCUT2D eigenvalue weighted by Gasteiger charge is 2.43. The molecule has 0 saturated heterocycles. The molecule has 1 unspecified atom stereocenters. The maximum atomic E-state index is 13.6. The zero-order valence-corrected chi connectivity index (χ0v) is 19.0. The lowest BCUT2D eigenvalue weighted by atomic mass is 9.95. The second kappa shape index (κ2) is 9.46. The third-order valence-electron chi connectivity index (χ3n) is 6.07. The molecule has 2 aliphatic rings. The third kappa shape index (κ3) is 4.53. The first-order valence-electron chi connectivity index (χ1n) is 11.3. The minimum Gasteiger partial charge on any atom is -0.457 e. The fourth-order valence-corrected chi connectivity index (χ4v) is 4.44. The summed E-state index contributed by atoms with van der Waals surface area (Å²) in [7, 11) is 0. The highest BCUT2D eigenvalue weighted by molar-refractivity contribution is 6.01. The van der Waals surface area contributed by atoms with Crippen molar-refractivity contribution in [3.05, 3.63) is 120 Å². The van der Waals surface area contributed by atoms with Gasteiger partial charge in [0.1, 0.15) is 17.3 Å². The molecular formula is C28H24FN3O3. The van der Waals surface area contributed by atoms with Gasteiger partial charge in [-0.2, -0.15) is 0 Å². The molecule has 35 heavy (non-hydrogen) atoms. The van der Waals surface area contributed by atoms with Crippen molar-refractivity contribution >= 4 is 11.9 Å². The van der Waals surface area contributed by atoms with Crippen molar-refractivity contribution in [3.8, 4) is 11.5 Å². The molecule has 2 aliphatic heterocycles. The van der Waals surface area contributed by atoms with Gasteiger partial charge in [-0.1, -0.05) is 48.5 Å². The molecule has 0 saturated carbocycles. The number of rotatable bonds is 7. The SMILES string of the molecule is C=CCN1C(=O)NC(c2cccc(Oc3ccccc3)c2)C2=C1CN(Cc1ccc(F)cc1)C2=O. The zero-order valence-electron chi connectivity index (χ0n) is 19.0. The molecule has 1 atom stereocenters. The first kappa shape index (κ1) is 22.4. The van der Waals surface area contributed by atoms with Crippen LogP contribution in [0.15, 0.2) is 103 Å². The van der Waals surface area contributed by atoms with Gasteiger partial charge in [0.2, 0.25) is 0 Å². The van der Waals surface area contributed by atoms with E-state index in [1.807, 2.05) is 54.6 Å². The Morgan fingerprint density at radius 3 is 2.49 bits per heavy atom. The molecule has 1 N–H and O–H groups in total. The van der Waals surface area contributed by atoms with Crippen LogP contribution in [0.3, 0.4) is 0 Å². The van der Waals surface area contributed by atoms with E-state index in [1.165, 1.54) is 12.1 Å². The van der Waals surface area contributed by atoms with Gasteiger partial charge in [-0.25, -0.2) is 9.18 Å². The molecule has 0 bridgehead atoms. The van der Waals surface area contributed by atoms with Crippen LogP contribution in [0.1, 0.15) is 17.2 Å². The molecule has 6 nitrogen and oxygen atoms in total. The van der Waals surface area contributed by atoms with E-state index in [-0.39, 0.29) is 30.8 Å². The Hall–Kier alpha value is -4.39. The van der Waals surface area contributed by atoms with Crippen LogP contribution in [0.4, 0.5) is 9.18 Å². The van der Waals surface area contributed by atoms with E-state index in [0.29, 0.717) is 29.3 Å². The smallest absolute Gasteiger partial charge is 0.322 e.